The third-order valence-corrected chi connectivity index (χ3v) is 9.17. The predicted molar refractivity (Wildman–Crippen MR) is 153 cm³/mol. The lowest BCUT2D eigenvalue weighted by Crippen LogP contribution is -2.55. The summed E-state index contributed by atoms with van der Waals surface area (Å²) in [7, 11) is 3.32. The number of nitrogens with zero attached hydrogens (tertiary/aromatic N) is 3. The van der Waals surface area contributed by atoms with Crippen LogP contribution in [0.4, 0.5) is 5.69 Å². The van der Waals surface area contributed by atoms with Crippen molar-refractivity contribution in [2.24, 2.45) is 18.4 Å². The Morgan fingerprint density at radius 3 is 2.65 bits per heavy atom. The minimum Gasteiger partial charge on any atom is -0.466 e. The number of ether oxygens (including phenoxy) is 3. The van der Waals surface area contributed by atoms with Crippen LogP contribution in [-0.4, -0.2) is 55.1 Å². The lowest BCUT2D eigenvalue weighted by Gasteiger charge is -2.54. The Labute approximate surface area is 234 Å². The first kappa shape index (κ1) is 26.7. The second-order valence-corrected chi connectivity index (χ2v) is 11.6. The van der Waals surface area contributed by atoms with Crippen LogP contribution < -0.4 is 4.90 Å². The summed E-state index contributed by atoms with van der Waals surface area (Å²) in [5.74, 6) is -0.318. The molecule has 0 unspecified atom stereocenters. The average molecular weight is 544 g/mol. The first-order chi connectivity index (χ1) is 19.4. The van der Waals surface area contributed by atoms with Crippen LogP contribution in [0.5, 0.6) is 0 Å². The number of fused-ring (bicyclic) bond motifs is 4. The summed E-state index contributed by atoms with van der Waals surface area (Å²) < 4.78 is 18.9. The van der Waals surface area contributed by atoms with E-state index in [9.17, 15) is 9.59 Å². The molecular formula is C32H37N3O5. The molecule has 7 rings (SSSR count). The molecule has 0 N–H and O–H groups in total. The van der Waals surface area contributed by atoms with Gasteiger partial charge < -0.3 is 19.1 Å². The molecule has 3 aliphatic heterocycles. The standard InChI is InChI=1S/C32H37N3O5/c1-34-28-8-7-26(19-25(28)20-33-34)32-14-12-31(13-15-32,22-40-32)21-35(30(37)24-10-16-39-17-11-24)27-5-3-4-23(18-27)6-9-29(36)38-2/h3-9,18-20,24H,10-17,21-22H2,1-2H3/b9-6+. The summed E-state index contributed by atoms with van der Waals surface area (Å²) in [4.78, 5) is 27.6. The van der Waals surface area contributed by atoms with Crippen LogP contribution in [0.25, 0.3) is 17.0 Å². The molecule has 2 bridgehead atoms. The van der Waals surface area contributed by atoms with Crippen LogP contribution >= 0.6 is 0 Å². The van der Waals surface area contributed by atoms with Crippen molar-refractivity contribution in [2.75, 3.05) is 38.4 Å². The molecule has 1 aromatic heterocycles. The number of methoxy groups -OCH3 is 1. The lowest BCUT2D eigenvalue weighted by atomic mass is 9.64. The fourth-order valence-corrected chi connectivity index (χ4v) is 6.61. The van der Waals surface area contributed by atoms with E-state index in [1.165, 1.54) is 18.7 Å². The van der Waals surface area contributed by atoms with Crippen molar-refractivity contribution >= 4 is 34.5 Å². The third kappa shape index (κ3) is 5.06. The number of carbonyl (C=O) groups is 2. The Morgan fingerprint density at radius 1 is 1.12 bits per heavy atom. The zero-order valence-corrected chi connectivity index (χ0v) is 23.3. The molecular weight excluding hydrogens is 506 g/mol. The number of carbonyl (C=O) groups excluding carboxylic acids is 2. The van der Waals surface area contributed by atoms with E-state index in [2.05, 4.69) is 23.3 Å². The van der Waals surface area contributed by atoms with E-state index in [0.717, 1.165) is 60.7 Å². The van der Waals surface area contributed by atoms with E-state index in [-0.39, 0.29) is 22.8 Å². The summed E-state index contributed by atoms with van der Waals surface area (Å²) in [5.41, 5.74) is 3.66. The average Bonchev–Trinajstić information content (AvgIpc) is 3.39. The molecule has 4 aliphatic rings. The van der Waals surface area contributed by atoms with Gasteiger partial charge in [-0.1, -0.05) is 18.2 Å². The molecule has 40 heavy (non-hydrogen) atoms. The van der Waals surface area contributed by atoms with Crippen molar-refractivity contribution < 1.29 is 23.8 Å². The number of amides is 1. The van der Waals surface area contributed by atoms with E-state index in [4.69, 9.17) is 14.2 Å². The van der Waals surface area contributed by atoms with Crippen molar-refractivity contribution in [3.63, 3.8) is 0 Å². The first-order valence-corrected chi connectivity index (χ1v) is 14.2. The highest BCUT2D eigenvalue weighted by molar-refractivity contribution is 5.96. The Balaban J connectivity index is 1.25. The molecule has 4 fully saturated rings. The molecule has 4 heterocycles. The number of anilines is 1. The maximum atomic E-state index is 14.0. The predicted octanol–water partition coefficient (Wildman–Crippen LogP) is 5.01. The Morgan fingerprint density at radius 2 is 1.93 bits per heavy atom. The Bertz CT molecular complexity index is 1410. The van der Waals surface area contributed by atoms with Crippen LogP contribution in [0.1, 0.15) is 49.7 Å². The number of benzene rings is 2. The van der Waals surface area contributed by atoms with Crippen molar-refractivity contribution in [1.82, 2.24) is 9.78 Å². The fourth-order valence-electron chi connectivity index (χ4n) is 6.61. The highest BCUT2D eigenvalue weighted by Gasteiger charge is 2.52. The van der Waals surface area contributed by atoms with Crippen LogP contribution in [0, 0.1) is 11.3 Å². The molecule has 3 aromatic rings. The SMILES string of the molecule is COC(=O)/C=C/c1cccc(N(CC23CCC(c4ccc5c(cnn5C)c4)(CC2)OC3)C(=O)C2CCOCC2)c1. The van der Waals surface area contributed by atoms with Gasteiger partial charge in [-0.25, -0.2) is 4.79 Å². The zero-order valence-electron chi connectivity index (χ0n) is 23.3. The van der Waals surface area contributed by atoms with Gasteiger partial charge in [-0.15, -0.1) is 0 Å². The van der Waals surface area contributed by atoms with E-state index in [1.807, 2.05) is 47.1 Å². The van der Waals surface area contributed by atoms with Crippen molar-refractivity contribution in [2.45, 2.75) is 44.1 Å². The maximum absolute atomic E-state index is 14.0. The number of hydrogen-bond donors (Lipinski definition) is 0. The van der Waals surface area contributed by atoms with Gasteiger partial charge in [0.15, 0.2) is 0 Å². The molecule has 2 aromatic carbocycles. The molecule has 0 radical (unpaired) electrons. The quantitative estimate of drug-likeness (QED) is 0.308. The molecule has 1 amide bonds. The number of aryl methyl sites for hydroxylation is 1. The van der Waals surface area contributed by atoms with E-state index < -0.39 is 5.97 Å². The van der Waals surface area contributed by atoms with Gasteiger partial charge in [0, 0.05) is 55.3 Å². The summed E-state index contributed by atoms with van der Waals surface area (Å²) in [6.45, 7) is 2.47. The van der Waals surface area contributed by atoms with Crippen molar-refractivity contribution in [3.05, 3.63) is 65.9 Å². The van der Waals surface area contributed by atoms with E-state index in [1.54, 1.807) is 6.08 Å². The topological polar surface area (TPSA) is 82.9 Å². The second-order valence-electron chi connectivity index (χ2n) is 11.6. The Hall–Kier alpha value is -3.49. The van der Waals surface area contributed by atoms with Crippen molar-refractivity contribution in [1.29, 1.82) is 0 Å². The normalized spacial score (nSPS) is 24.9. The monoisotopic (exact) mass is 543 g/mol. The Kier molecular flexibility index (Phi) is 7.23. The number of hydrogen-bond acceptors (Lipinski definition) is 6. The van der Waals surface area contributed by atoms with Gasteiger partial charge in [0.05, 0.1) is 31.0 Å². The van der Waals surface area contributed by atoms with Crippen LogP contribution in [0.15, 0.2) is 54.7 Å². The second kappa shape index (κ2) is 10.8. The molecule has 1 saturated carbocycles. The summed E-state index contributed by atoms with van der Waals surface area (Å²) >= 11 is 0. The highest BCUT2D eigenvalue weighted by atomic mass is 16.5. The summed E-state index contributed by atoms with van der Waals surface area (Å²) in [6.07, 6.45) is 10.4. The van der Waals surface area contributed by atoms with Gasteiger partial charge in [0.2, 0.25) is 5.91 Å². The first-order valence-electron chi connectivity index (χ1n) is 14.2. The molecule has 8 nitrogen and oxygen atoms in total. The zero-order chi connectivity index (χ0) is 27.7. The molecule has 8 heteroatoms. The maximum Gasteiger partial charge on any atom is 0.330 e. The summed E-state index contributed by atoms with van der Waals surface area (Å²) in [5, 5.41) is 5.54. The van der Waals surface area contributed by atoms with E-state index >= 15 is 0 Å². The molecule has 210 valence electrons. The molecule has 0 atom stereocenters. The van der Waals surface area contributed by atoms with Gasteiger partial charge in [-0.05, 0) is 80.0 Å². The van der Waals surface area contributed by atoms with Crippen molar-refractivity contribution in [3.8, 4) is 0 Å². The fraction of sp³-hybridized carbons (Fsp3) is 0.469. The molecule has 1 aliphatic carbocycles. The van der Waals surface area contributed by atoms with Gasteiger partial charge >= 0.3 is 5.97 Å². The lowest BCUT2D eigenvalue weighted by molar-refractivity contribution is -0.186. The number of rotatable bonds is 7. The highest BCUT2D eigenvalue weighted by Crippen LogP contribution is 2.54. The number of aromatic nitrogens is 2. The van der Waals surface area contributed by atoms with Crippen LogP contribution in [0.2, 0.25) is 0 Å². The van der Waals surface area contributed by atoms with E-state index in [0.29, 0.717) is 26.4 Å². The largest absolute Gasteiger partial charge is 0.466 e. The van der Waals surface area contributed by atoms with Gasteiger partial charge in [0.25, 0.3) is 0 Å². The summed E-state index contributed by atoms with van der Waals surface area (Å²) in [6, 6.07) is 14.4. The smallest absolute Gasteiger partial charge is 0.330 e. The minimum absolute atomic E-state index is 0.0576. The molecule has 3 saturated heterocycles. The molecule has 0 spiro atoms. The number of esters is 1. The van der Waals surface area contributed by atoms with Crippen LogP contribution in [-0.2, 0) is 36.4 Å². The van der Waals surface area contributed by atoms with Gasteiger partial charge in [0.1, 0.15) is 0 Å². The van der Waals surface area contributed by atoms with Gasteiger partial charge in [-0.2, -0.15) is 5.10 Å². The minimum atomic E-state index is -0.410. The third-order valence-electron chi connectivity index (χ3n) is 9.17. The van der Waals surface area contributed by atoms with Crippen LogP contribution in [0.3, 0.4) is 0 Å². The van der Waals surface area contributed by atoms with Gasteiger partial charge in [-0.3, -0.25) is 9.48 Å².